The van der Waals surface area contributed by atoms with Gasteiger partial charge in [0.25, 0.3) is 5.91 Å². The fraction of sp³-hybridized carbons (Fsp3) is 0.148. The third kappa shape index (κ3) is 4.74. The Morgan fingerprint density at radius 2 is 1.95 bits per heavy atom. The molecule has 4 aromatic heterocycles. The number of ether oxygens (including phenoxy) is 2. The van der Waals surface area contributed by atoms with Crippen molar-refractivity contribution in [1.82, 2.24) is 25.1 Å². The second-order valence-corrected chi connectivity index (χ2v) is 9.69. The highest BCUT2D eigenvalue weighted by atomic mass is 35.5. The molecular formula is C27H21Cl2N7O3. The van der Waals surface area contributed by atoms with Crippen molar-refractivity contribution in [3.63, 3.8) is 0 Å². The molecule has 6 rings (SSSR count). The highest BCUT2D eigenvalue weighted by Crippen LogP contribution is 2.37. The van der Waals surface area contributed by atoms with E-state index in [0.717, 1.165) is 16.6 Å². The van der Waals surface area contributed by atoms with Gasteiger partial charge >= 0.3 is 0 Å². The van der Waals surface area contributed by atoms with Crippen LogP contribution in [0.3, 0.4) is 0 Å². The zero-order valence-electron chi connectivity index (χ0n) is 20.6. The van der Waals surface area contributed by atoms with Gasteiger partial charge in [-0.3, -0.25) is 25.6 Å². The van der Waals surface area contributed by atoms with E-state index >= 15 is 0 Å². The van der Waals surface area contributed by atoms with Gasteiger partial charge in [-0.1, -0.05) is 23.2 Å². The van der Waals surface area contributed by atoms with Gasteiger partial charge in [-0.05, 0) is 43.3 Å². The van der Waals surface area contributed by atoms with E-state index < -0.39 is 6.23 Å². The Balaban J connectivity index is 1.34. The largest absolute Gasteiger partial charge is 0.474 e. The molecule has 12 heteroatoms. The molecule has 1 amide bonds. The molecule has 196 valence electrons. The summed E-state index contributed by atoms with van der Waals surface area (Å²) in [4.78, 5) is 27.7. The number of halogens is 2. The van der Waals surface area contributed by atoms with Gasteiger partial charge in [-0.15, -0.1) is 0 Å². The summed E-state index contributed by atoms with van der Waals surface area (Å²) in [5.41, 5.74) is 10.7. The van der Waals surface area contributed by atoms with E-state index in [1.165, 1.54) is 12.4 Å². The number of carbonyl (C=O) groups is 1. The first-order valence-corrected chi connectivity index (χ1v) is 12.7. The fourth-order valence-corrected chi connectivity index (χ4v) is 5.04. The number of carbonyl (C=O) groups excluding carboxylic acids is 1. The predicted octanol–water partition coefficient (Wildman–Crippen LogP) is 5.11. The second-order valence-electron chi connectivity index (χ2n) is 8.87. The third-order valence-corrected chi connectivity index (χ3v) is 6.91. The Labute approximate surface area is 232 Å². The number of hydrogen-bond donors (Lipinski definition) is 2. The predicted molar refractivity (Wildman–Crippen MR) is 147 cm³/mol. The van der Waals surface area contributed by atoms with Gasteiger partial charge in [0.15, 0.2) is 6.23 Å². The Bertz CT molecular complexity index is 1710. The maximum absolute atomic E-state index is 13.4. The molecule has 0 aliphatic carbocycles. The minimum atomic E-state index is -0.917. The number of fused-ring (bicyclic) bond motifs is 2. The fourth-order valence-electron chi connectivity index (χ4n) is 4.46. The van der Waals surface area contributed by atoms with Gasteiger partial charge in [0.05, 0.1) is 22.1 Å². The van der Waals surface area contributed by atoms with Crippen molar-refractivity contribution in [2.45, 2.75) is 13.2 Å². The van der Waals surface area contributed by atoms with Crippen molar-refractivity contribution in [1.29, 1.82) is 0 Å². The van der Waals surface area contributed by atoms with Crippen LogP contribution < -0.4 is 20.1 Å². The van der Waals surface area contributed by atoms with E-state index in [0.29, 0.717) is 62.9 Å². The molecule has 0 saturated carbocycles. The van der Waals surface area contributed by atoms with Crippen LogP contribution in [0.5, 0.6) is 11.6 Å². The normalized spacial score (nSPS) is 13.6. The minimum Gasteiger partial charge on any atom is -0.474 e. The number of aryl methyl sites for hydroxylation is 1. The maximum Gasteiger partial charge on any atom is 0.258 e. The average Bonchev–Trinajstić information content (AvgIpc) is 3.35. The van der Waals surface area contributed by atoms with Gasteiger partial charge in [0.2, 0.25) is 5.88 Å². The number of benzene rings is 1. The molecule has 3 N–H and O–H groups in total. The zero-order chi connectivity index (χ0) is 27.1. The molecule has 1 aliphatic heterocycles. The first-order valence-electron chi connectivity index (χ1n) is 12.0. The molecule has 0 spiro atoms. The van der Waals surface area contributed by atoms with E-state index in [9.17, 15) is 4.79 Å². The van der Waals surface area contributed by atoms with Crippen LogP contribution in [-0.2, 0) is 0 Å². The summed E-state index contributed by atoms with van der Waals surface area (Å²) in [6.07, 6.45) is 5.28. The molecule has 0 unspecified atom stereocenters. The van der Waals surface area contributed by atoms with Gasteiger partial charge in [0, 0.05) is 52.6 Å². The Hall–Kier alpha value is -4.25. The monoisotopic (exact) mass is 561 g/mol. The highest BCUT2D eigenvalue weighted by Gasteiger charge is 2.27. The highest BCUT2D eigenvalue weighted by molar-refractivity contribution is 6.35. The van der Waals surface area contributed by atoms with Crippen molar-refractivity contribution >= 4 is 45.7 Å². The van der Waals surface area contributed by atoms with E-state index in [2.05, 4.69) is 25.1 Å². The molecule has 5 aromatic rings. The number of pyridine rings is 3. The molecule has 0 saturated heterocycles. The molecule has 0 bridgehead atoms. The van der Waals surface area contributed by atoms with Crippen LogP contribution in [0.25, 0.3) is 22.2 Å². The molecule has 10 nitrogen and oxygen atoms in total. The van der Waals surface area contributed by atoms with Crippen LogP contribution in [0.1, 0.15) is 27.8 Å². The average molecular weight is 562 g/mol. The SMILES string of the molecule is Cc1cc(C(=O)N2CCOc3ncc(-c4n[nH]c5ccc(O[C@H](N)c6c(Cl)cncc6Cl)cc45)cc32)ccn1. The smallest absolute Gasteiger partial charge is 0.258 e. The first kappa shape index (κ1) is 25.1. The molecule has 1 aliphatic rings. The van der Waals surface area contributed by atoms with E-state index in [1.807, 2.05) is 25.1 Å². The Morgan fingerprint density at radius 3 is 2.74 bits per heavy atom. The van der Waals surface area contributed by atoms with Crippen LogP contribution in [-0.4, -0.2) is 44.2 Å². The summed E-state index contributed by atoms with van der Waals surface area (Å²) < 4.78 is 11.7. The quantitative estimate of drug-likeness (QED) is 0.283. The summed E-state index contributed by atoms with van der Waals surface area (Å²) in [6.45, 7) is 2.57. The van der Waals surface area contributed by atoms with E-state index in [4.69, 9.17) is 38.4 Å². The number of H-pyrrole nitrogens is 1. The lowest BCUT2D eigenvalue weighted by Crippen LogP contribution is -2.38. The number of anilines is 1. The summed E-state index contributed by atoms with van der Waals surface area (Å²) in [7, 11) is 0. The van der Waals surface area contributed by atoms with Gasteiger partial charge < -0.3 is 14.4 Å². The lowest BCUT2D eigenvalue weighted by molar-refractivity contribution is 0.0975. The van der Waals surface area contributed by atoms with Crippen molar-refractivity contribution in [3.8, 4) is 22.9 Å². The van der Waals surface area contributed by atoms with E-state index in [-0.39, 0.29) is 5.91 Å². The van der Waals surface area contributed by atoms with E-state index in [1.54, 1.807) is 35.5 Å². The standard InChI is InChI=1S/C27H21Cl2N7O3/c1-14-8-15(4-5-32-14)27(37)36-6-7-38-26-22(36)9-16(11-33-26)24-18-10-17(2-3-21(18)34-35-24)39-25(30)23-19(28)12-31-13-20(23)29/h2-5,8-13,25H,6-7,30H2,1H3,(H,34,35)/t25-/m0/s1. The summed E-state index contributed by atoms with van der Waals surface area (Å²) >= 11 is 12.5. The van der Waals surface area contributed by atoms with Gasteiger partial charge in [-0.25, -0.2) is 4.98 Å². The van der Waals surface area contributed by atoms with Crippen LogP contribution in [0.15, 0.2) is 61.2 Å². The molecule has 1 atom stereocenters. The van der Waals surface area contributed by atoms with Crippen LogP contribution >= 0.6 is 23.2 Å². The Morgan fingerprint density at radius 1 is 1.13 bits per heavy atom. The molecule has 0 fully saturated rings. The number of rotatable bonds is 5. The number of hydrogen-bond acceptors (Lipinski definition) is 8. The van der Waals surface area contributed by atoms with Crippen LogP contribution in [0.4, 0.5) is 5.69 Å². The van der Waals surface area contributed by atoms with Gasteiger partial charge in [-0.2, -0.15) is 5.10 Å². The molecule has 5 heterocycles. The molecular weight excluding hydrogens is 541 g/mol. The van der Waals surface area contributed by atoms with Crippen molar-refractivity contribution in [2.24, 2.45) is 5.73 Å². The zero-order valence-corrected chi connectivity index (χ0v) is 22.1. The van der Waals surface area contributed by atoms with Crippen molar-refractivity contribution in [3.05, 3.63) is 88.1 Å². The lowest BCUT2D eigenvalue weighted by atomic mass is 10.1. The lowest BCUT2D eigenvalue weighted by Gasteiger charge is -2.29. The summed E-state index contributed by atoms with van der Waals surface area (Å²) in [5, 5.41) is 8.92. The minimum absolute atomic E-state index is 0.158. The number of amides is 1. The molecule has 0 radical (unpaired) electrons. The third-order valence-electron chi connectivity index (χ3n) is 6.31. The number of nitrogens with two attached hydrogens (primary N) is 1. The van der Waals surface area contributed by atoms with Crippen molar-refractivity contribution in [2.75, 3.05) is 18.1 Å². The van der Waals surface area contributed by atoms with Crippen molar-refractivity contribution < 1.29 is 14.3 Å². The first-order chi connectivity index (χ1) is 18.9. The number of aromatic nitrogens is 5. The summed E-state index contributed by atoms with van der Waals surface area (Å²) in [6, 6.07) is 10.7. The molecule has 1 aromatic carbocycles. The number of aromatic amines is 1. The number of nitrogens with zero attached hydrogens (tertiary/aromatic N) is 5. The topological polar surface area (TPSA) is 132 Å². The van der Waals surface area contributed by atoms with Crippen LogP contribution in [0.2, 0.25) is 10.0 Å². The summed E-state index contributed by atoms with van der Waals surface area (Å²) in [5.74, 6) is 0.708. The van der Waals surface area contributed by atoms with Gasteiger partial charge in [0.1, 0.15) is 23.7 Å². The van der Waals surface area contributed by atoms with Crippen LogP contribution in [0, 0.1) is 6.92 Å². The Kier molecular flexibility index (Phi) is 6.51. The number of nitrogens with one attached hydrogen (secondary N) is 1. The maximum atomic E-state index is 13.4. The molecule has 39 heavy (non-hydrogen) atoms. The second kappa shape index (κ2) is 10.1.